The molecule has 1 aromatic heterocycles. The molecule has 0 aromatic carbocycles. The second-order valence-corrected chi connectivity index (χ2v) is 4.35. The molecule has 16 heavy (non-hydrogen) atoms. The molecule has 0 aliphatic heterocycles. The highest BCUT2D eigenvalue weighted by atomic mass is 16.2. The van der Waals surface area contributed by atoms with Crippen molar-refractivity contribution in [2.24, 2.45) is 11.7 Å². The summed E-state index contributed by atoms with van der Waals surface area (Å²) in [6.07, 6.45) is 5.86. The van der Waals surface area contributed by atoms with E-state index in [9.17, 15) is 4.79 Å². The number of carbonyl (C=O) groups excluding carboxylic acids is 1. The zero-order chi connectivity index (χ0) is 11.5. The Kier molecular flexibility index (Phi) is 3.24. The lowest BCUT2D eigenvalue weighted by atomic mass is 10.1. The van der Waals surface area contributed by atoms with Gasteiger partial charge in [0.15, 0.2) is 0 Å². The van der Waals surface area contributed by atoms with E-state index in [1.807, 2.05) is 13.1 Å². The second kappa shape index (κ2) is 4.65. The number of carbonyl (C=O) groups is 1. The number of hydrogen-bond donors (Lipinski definition) is 1. The van der Waals surface area contributed by atoms with Gasteiger partial charge in [0, 0.05) is 32.0 Å². The zero-order valence-corrected chi connectivity index (χ0v) is 9.54. The van der Waals surface area contributed by atoms with Crippen molar-refractivity contribution in [2.75, 3.05) is 13.6 Å². The second-order valence-electron chi connectivity index (χ2n) is 4.35. The molecule has 1 aliphatic carbocycles. The largest absolute Gasteiger partial charge is 0.340 e. The minimum Gasteiger partial charge on any atom is -0.340 e. The van der Waals surface area contributed by atoms with E-state index >= 15 is 0 Å². The van der Waals surface area contributed by atoms with E-state index in [0.717, 1.165) is 0 Å². The summed E-state index contributed by atoms with van der Waals surface area (Å²) < 4.78 is 1.64. The molecule has 1 fully saturated rings. The Labute approximate surface area is 95.2 Å². The smallest absolute Gasteiger partial charge is 0.244 e. The molecule has 1 amide bonds. The zero-order valence-electron chi connectivity index (χ0n) is 9.54. The molecule has 0 saturated heterocycles. The molecule has 0 bridgehead atoms. The molecule has 1 unspecified atom stereocenters. The first kappa shape index (κ1) is 11.1. The van der Waals surface area contributed by atoms with Crippen LogP contribution in [0.2, 0.25) is 0 Å². The van der Waals surface area contributed by atoms with Gasteiger partial charge in [-0.2, -0.15) is 5.10 Å². The lowest BCUT2D eigenvalue weighted by Crippen LogP contribution is -2.44. The number of aromatic nitrogens is 2. The molecule has 5 heteroatoms. The van der Waals surface area contributed by atoms with Crippen molar-refractivity contribution in [1.29, 1.82) is 0 Å². The molecule has 2 rings (SSSR count). The average Bonchev–Trinajstić information content (AvgIpc) is 2.97. The maximum absolute atomic E-state index is 12.0. The summed E-state index contributed by atoms with van der Waals surface area (Å²) in [6.45, 7) is 0.846. The van der Waals surface area contributed by atoms with Gasteiger partial charge in [-0.05, 0) is 24.8 Å². The highest BCUT2D eigenvalue weighted by Gasteiger charge is 2.34. The normalized spacial score (nSPS) is 17.1. The van der Waals surface area contributed by atoms with Gasteiger partial charge in [0.2, 0.25) is 5.91 Å². The third-order valence-corrected chi connectivity index (χ3v) is 3.15. The van der Waals surface area contributed by atoms with Gasteiger partial charge in [0.25, 0.3) is 0 Å². The molecule has 1 heterocycles. The predicted molar refractivity (Wildman–Crippen MR) is 60.6 cm³/mol. The Morgan fingerprint density at radius 1 is 1.69 bits per heavy atom. The van der Waals surface area contributed by atoms with Crippen molar-refractivity contribution in [1.82, 2.24) is 14.7 Å². The molecule has 5 nitrogen and oxygen atoms in total. The Morgan fingerprint density at radius 3 is 2.94 bits per heavy atom. The minimum absolute atomic E-state index is 0.0750. The van der Waals surface area contributed by atoms with Crippen molar-refractivity contribution in [2.45, 2.75) is 25.4 Å². The van der Waals surface area contributed by atoms with E-state index in [1.54, 1.807) is 22.0 Å². The molecule has 0 radical (unpaired) electrons. The molecule has 0 spiro atoms. The van der Waals surface area contributed by atoms with Crippen LogP contribution in [-0.2, 0) is 11.3 Å². The summed E-state index contributed by atoms with van der Waals surface area (Å²) in [6, 6.07) is 2.01. The average molecular weight is 222 g/mol. The van der Waals surface area contributed by atoms with Crippen LogP contribution in [0.3, 0.4) is 0 Å². The lowest BCUT2D eigenvalue weighted by molar-refractivity contribution is -0.133. The van der Waals surface area contributed by atoms with E-state index in [0.29, 0.717) is 19.0 Å². The monoisotopic (exact) mass is 222 g/mol. The molecule has 1 aromatic rings. The molecular weight excluding hydrogens is 204 g/mol. The van der Waals surface area contributed by atoms with Crippen LogP contribution < -0.4 is 5.73 Å². The number of nitrogens with zero attached hydrogens (tertiary/aromatic N) is 3. The fourth-order valence-electron chi connectivity index (χ4n) is 1.98. The Bertz CT molecular complexity index is 345. The molecular formula is C11H18N4O. The number of nitrogens with two attached hydrogens (primary N) is 1. The summed E-state index contributed by atoms with van der Waals surface area (Å²) in [4.78, 5) is 13.7. The molecule has 1 atom stereocenters. The summed E-state index contributed by atoms with van der Waals surface area (Å²) >= 11 is 0. The highest BCUT2D eigenvalue weighted by molar-refractivity contribution is 5.76. The molecule has 2 N–H and O–H groups in total. The maximum Gasteiger partial charge on any atom is 0.244 e. The lowest BCUT2D eigenvalue weighted by Gasteiger charge is -2.27. The van der Waals surface area contributed by atoms with E-state index in [-0.39, 0.29) is 11.9 Å². The van der Waals surface area contributed by atoms with Gasteiger partial charge in [-0.1, -0.05) is 0 Å². The van der Waals surface area contributed by atoms with E-state index < -0.39 is 0 Å². The van der Waals surface area contributed by atoms with Crippen molar-refractivity contribution in [3.8, 4) is 0 Å². The molecule has 88 valence electrons. The number of rotatable bonds is 5. The van der Waals surface area contributed by atoms with Crippen LogP contribution in [0, 0.1) is 5.92 Å². The molecule has 1 aliphatic rings. The van der Waals surface area contributed by atoms with Crippen molar-refractivity contribution in [3.05, 3.63) is 18.5 Å². The number of likely N-dealkylation sites (N-methyl/N-ethyl adjacent to an activating group) is 1. The van der Waals surface area contributed by atoms with E-state index in [2.05, 4.69) is 5.10 Å². The van der Waals surface area contributed by atoms with E-state index in [4.69, 9.17) is 5.73 Å². The first-order valence-corrected chi connectivity index (χ1v) is 5.65. The Morgan fingerprint density at radius 2 is 2.44 bits per heavy atom. The Balaban J connectivity index is 1.92. The van der Waals surface area contributed by atoms with Crippen molar-refractivity contribution >= 4 is 5.91 Å². The summed E-state index contributed by atoms with van der Waals surface area (Å²) in [5.74, 6) is 0.683. The third-order valence-electron chi connectivity index (χ3n) is 3.15. The fraction of sp³-hybridized carbons (Fsp3) is 0.636. The summed E-state index contributed by atoms with van der Waals surface area (Å²) in [5.41, 5.74) is 5.71. The topological polar surface area (TPSA) is 64.2 Å². The molecule has 1 saturated carbocycles. The highest BCUT2D eigenvalue weighted by Crippen LogP contribution is 2.34. The predicted octanol–water partition coefficient (Wildman–Crippen LogP) is 0.0788. The van der Waals surface area contributed by atoms with E-state index in [1.165, 1.54) is 12.8 Å². The third kappa shape index (κ3) is 2.41. The fourth-order valence-corrected chi connectivity index (χ4v) is 1.98. The van der Waals surface area contributed by atoms with Gasteiger partial charge in [-0.15, -0.1) is 0 Å². The number of hydrogen-bond acceptors (Lipinski definition) is 3. The van der Waals surface area contributed by atoms with Gasteiger partial charge in [0.05, 0.1) is 0 Å². The van der Waals surface area contributed by atoms with Crippen LogP contribution in [0.4, 0.5) is 0 Å². The number of amides is 1. The SMILES string of the molecule is CN(C(=O)Cn1cccn1)C(CN)C1CC1. The van der Waals surface area contributed by atoms with Gasteiger partial charge in [-0.25, -0.2) is 0 Å². The first-order chi connectivity index (χ1) is 7.72. The minimum atomic E-state index is 0.0750. The van der Waals surface area contributed by atoms with Crippen LogP contribution in [-0.4, -0.2) is 40.2 Å². The van der Waals surface area contributed by atoms with Crippen LogP contribution >= 0.6 is 0 Å². The van der Waals surface area contributed by atoms with Gasteiger partial charge < -0.3 is 10.6 Å². The van der Waals surface area contributed by atoms with Gasteiger partial charge in [0.1, 0.15) is 6.54 Å². The maximum atomic E-state index is 12.0. The van der Waals surface area contributed by atoms with Crippen LogP contribution in [0.1, 0.15) is 12.8 Å². The van der Waals surface area contributed by atoms with Crippen molar-refractivity contribution < 1.29 is 4.79 Å². The van der Waals surface area contributed by atoms with Crippen molar-refractivity contribution in [3.63, 3.8) is 0 Å². The Hall–Kier alpha value is -1.36. The van der Waals surface area contributed by atoms with Gasteiger partial charge in [-0.3, -0.25) is 9.48 Å². The van der Waals surface area contributed by atoms with Crippen LogP contribution in [0.15, 0.2) is 18.5 Å². The quantitative estimate of drug-likeness (QED) is 0.767. The van der Waals surface area contributed by atoms with Gasteiger partial charge >= 0.3 is 0 Å². The van der Waals surface area contributed by atoms with Crippen LogP contribution in [0.5, 0.6) is 0 Å². The first-order valence-electron chi connectivity index (χ1n) is 5.65. The standard InChI is InChI=1S/C11H18N4O/c1-14(10(7-12)9-3-4-9)11(16)8-15-6-2-5-13-15/h2,5-6,9-10H,3-4,7-8,12H2,1H3. The van der Waals surface area contributed by atoms with Crippen LogP contribution in [0.25, 0.3) is 0 Å². The summed E-state index contributed by atoms with van der Waals surface area (Å²) in [5, 5.41) is 4.02. The summed E-state index contributed by atoms with van der Waals surface area (Å²) in [7, 11) is 1.84.